The monoisotopic (exact) mass is 310 g/mol. The maximum absolute atomic E-state index is 12.3. The molecule has 3 aromatic rings. The van der Waals surface area contributed by atoms with Crippen LogP contribution in [0.1, 0.15) is 12.1 Å². The van der Waals surface area contributed by atoms with Crippen molar-refractivity contribution in [3.05, 3.63) is 58.8 Å². The zero-order valence-electron chi connectivity index (χ0n) is 13.1. The summed E-state index contributed by atoms with van der Waals surface area (Å²) in [6, 6.07) is 11.1. The van der Waals surface area contributed by atoms with Gasteiger partial charge in [0.15, 0.2) is 0 Å². The van der Waals surface area contributed by atoms with E-state index >= 15 is 0 Å². The molecule has 0 bridgehead atoms. The highest BCUT2D eigenvalue weighted by Crippen LogP contribution is 2.12. The van der Waals surface area contributed by atoms with Crippen LogP contribution in [-0.2, 0) is 18.4 Å². The van der Waals surface area contributed by atoms with E-state index in [1.165, 1.54) is 0 Å². The largest absolute Gasteiger partial charge is 0.328 e. The molecule has 6 nitrogen and oxygen atoms in total. The van der Waals surface area contributed by atoms with Gasteiger partial charge in [-0.2, -0.15) is 0 Å². The maximum atomic E-state index is 12.3. The number of aromatic nitrogens is 3. The van der Waals surface area contributed by atoms with Crippen LogP contribution in [-0.4, -0.2) is 20.0 Å². The normalized spacial score (nSPS) is 10.9. The Labute approximate surface area is 133 Å². The zero-order valence-corrected chi connectivity index (χ0v) is 13.1. The smallest absolute Gasteiger partial charge is 0.326 e. The molecule has 0 atom stereocenters. The van der Waals surface area contributed by atoms with Crippen molar-refractivity contribution in [2.45, 2.75) is 19.9 Å². The van der Waals surface area contributed by atoms with Gasteiger partial charge in [0.25, 0.3) is 0 Å². The van der Waals surface area contributed by atoms with Crippen molar-refractivity contribution in [1.82, 2.24) is 14.1 Å². The molecule has 2 aromatic heterocycles. The van der Waals surface area contributed by atoms with Crippen LogP contribution in [0, 0.1) is 6.92 Å². The van der Waals surface area contributed by atoms with Gasteiger partial charge in [-0.3, -0.25) is 18.9 Å². The lowest BCUT2D eigenvalue weighted by Crippen LogP contribution is -2.24. The van der Waals surface area contributed by atoms with Crippen molar-refractivity contribution in [3.8, 4) is 0 Å². The minimum Gasteiger partial charge on any atom is -0.326 e. The number of carbonyl (C=O) groups excluding carboxylic acids is 1. The van der Waals surface area contributed by atoms with Gasteiger partial charge in [0.2, 0.25) is 5.91 Å². The Morgan fingerprint density at radius 2 is 1.96 bits per heavy atom. The predicted molar refractivity (Wildman–Crippen MR) is 89.4 cm³/mol. The quantitative estimate of drug-likeness (QED) is 0.802. The number of rotatable bonds is 4. The lowest BCUT2D eigenvalue weighted by atomic mass is 10.3. The summed E-state index contributed by atoms with van der Waals surface area (Å²) in [6.07, 6.45) is 1.88. The van der Waals surface area contributed by atoms with E-state index in [0.29, 0.717) is 12.2 Å². The number of aryl methyl sites for hydroxylation is 3. The van der Waals surface area contributed by atoms with Crippen LogP contribution in [0.2, 0.25) is 0 Å². The summed E-state index contributed by atoms with van der Waals surface area (Å²) >= 11 is 0. The molecule has 0 unspecified atom stereocenters. The topological polar surface area (TPSA) is 68.9 Å². The van der Waals surface area contributed by atoms with Gasteiger partial charge in [0.05, 0.1) is 11.0 Å². The van der Waals surface area contributed by atoms with Crippen molar-refractivity contribution < 1.29 is 4.79 Å². The lowest BCUT2D eigenvalue weighted by molar-refractivity contribution is -0.116. The van der Waals surface area contributed by atoms with Crippen molar-refractivity contribution in [1.29, 1.82) is 0 Å². The van der Waals surface area contributed by atoms with Crippen LogP contribution in [0.5, 0.6) is 0 Å². The fraction of sp³-hybridized carbons (Fsp3) is 0.235. The van der Waals surface area contributed by atoms with Gasteiger partial charge >= 0.3 is 5.69 Å². The minimum absolute atomic E-state index is 0.112. The van der Waals surface area contributed by atoms with E-state index < -0.39 is 0 Å². The number of pyridine rings is 1. The zero-order chi connectivity index (χ0) is 16.4. The Balaban J connectivity index is 1.75. The summed E-state index contributed by atoms with van der Waals surface area (Å²) in [5, 5.41) is 2.83. The average molecular weight is 310 g/mol. The third kappa shape index (κ3) is 3.01. The number of hydrogen-bond acceptors (Lipinski definition) is 3. The molecule has 0 saturated carbocycles. The Morgan fingerprint density at radius 3 is 2.70 bits per heavy atom. The fourth-order valence-corrected chi connectivity index (χ4v) is 2.64. The first-order valence-corrected chi connectivity index (χ1v) is 7.43. The predicted octanol–water partition coefficient (Wildman–Crippen LogP) is 2.07. The average Bonchev–Trinajstić information content (AvgIpc) is 2.77. The van der Waals surface area contributed by atoms with Crippen molar-refractivity contribution in [3.63, 3.8) is 0 Å². The summed E-state index contributed by atoms with van der Waals surface area (Å²) in [6.45, 7) is 2.21. The van der Waals surface area contributed by atoms with Crippen LogP contribution in [0.4, 0.5) is 5.69 Å². The molecule has 0 aliphatic carbocycles. The third-order valence-corrected chi connectivity index (χ3v) is 3.79. The Bertz CT molecular complexity index is 924. The number of hydrogen-bond donors (Lipinski definition) is 1. The van der Waals surface area contributed by atoms with E-state index in [4.69, 9.17) is 0 Å². The second-order valence-electron chi connectivity index (χ2n) is 5.47. The molecule has 118 valence electrons. The van der Waals surface area contributed by atoms with Crippen molar-refractivity contribution in [2.24, 2.45) is 7.05 Å². The van der Waals surface area contributed by atoms with Crippen LogP contribution < -0.4 is 11.0 Å². The molecule has 0 radical (unpaired) electrons. The van der Waals surface area contributed by atoms with E-state index in [0.717, 1.165) is 16.7 Å². The maximum Gasteiger partial charge on any atom is 0.328 e. The number of imidazole rings is 1. The van der Waals surface area contributed by atoms with Crippen LogP contribution in [0.3, 0.4) is 0 Å². The van der Waals surface area contributed by atoms with Gasteiger partial charge in [-0.25, -0.2) is 4.79 Å². The Morgan fingerprint density at radius 1 is 1.22 bits per heavy atom. The van der Waals surface area contributed by atoms with Gasteiger partial charge in [-0.05, 0) is 31.2 Å². The molecular formula is C17H18N4O2. The van der Waals surface area contributed by atoms with Gasteiger partial charge < -0.3 is 5.32 Å². The number of nitrogens with one attached hydrogen (secondary N) is 1. The number of para-hydroxylation sites is 2. The molecule has 0 saturated heterocycles. The van der Waals surface area contributed by atoms with E-state index in [1.54, 1.807) is 28.4 Å². The number of carbonyl (C=O) groups is 1. The van der Waals surface area contributed by atoms with Crippen LogP contribution in [0.15, 0.2) is 47.4 Å². The summed E-state index contributed by atoms with van der Waals surface area (Å²) in [7, 11) is 1.74. The fourth-order valence-electron chi connectivity index (χ4n) is 2.64. The van der Waals surface area contributed by atoms with Crippen molar-refractivity contribution >= 4 is 22.6 Å². The molecule has 1 N–H and O–H groups in total. The first kappa shape index (κ1) is 15.0. The molecule has 0 aliphatic rings. The van der Waals surface area contributed by atoms with E-state index in [1.807, 2.05) is 37.3 Å². The molecule has 23 heavy (non-hydrogen) atoms. The summed E-state index contributed by atoms with van der Waals surface area (Å²) in [5.41, 5.74) is 3.15. The molecule has 6 heteroatoms. The van der Waals surface area contributed by atoms with Gasteiger partial charge in [0, 0.05) is 37.6 Å². The van der Waals surface area contributed by atoms with Crippen LogP contribution >= 0.6 is 0 Å². The van der Waals surface area contributed by atoms with Crippen molar-refractivity contribution in [2.75, 3.05) is 5.32 Å². The van der Waals surface area contributed by atoms with Gasteiger partial charge in [-0.15, -0.1) is 0 Å². The molecular weight excluding hydrogens is 292 g/mol. The Kier molecular flexibility index (Phi) is 3.97. The molecule has 0 spiro atoms. The SMILES string of the molecule is Cc1cc(NC(=O)CCn2c(=O)n(C)c3ccccc32)ccn1. The molecule has 1 amide bonds. The number of anilines is 1. The van der Waals surface area contributed by atoms with Gasteiger partial charge in [-0.1, -0.05) is 12.1 Å². The highest BCUT2D eigenvalue weighted by atomic mass is 16.2. The minimum atomic E-state index is -0.129. The summed E-state index contributed by atoms with van der Waals surface area (Å²) < 4.78 is 3.23. The van der Waals surface area contributed by atoms with E-state index in [2.05, 4.69) is 10.3 Å². The lowest BCUT2D eigenvalue weighted by Gasteiger charge is -2.06. The molecule has 0 fully saturated rings. The molecule has 1 aromatic carbocycles. The first-order chi connectivity index (χ1) is 11.1. The van der Waals surface area contributed by atoms with E-state index in [-0.39, 0.29) is 18.0 Å². The highest BCUT2D eigenvalue weighted by molar-refractivity contribution is 5.90. The Hall–Kier alpha value is -2.89. The highest BCUT2D eigenvalue weighted by Gasteiger charge is 2.11. The number of fused-ring (bicyclic) bond motifs is 1. The summed E-state index contributed by atoms with van der Waals surface area (Å²) in [5.74, 6) is -0.129. The second-order valence-corrected chi connectivity index (χ2v) is 5.47. The van der Waals surface area contributed by atoms with E-state index in [9.17, 15) is 9.59 Å². The summed E-state index contributed by atoms with van der Waals surface area (Å²) in [4.78, 5) is 28.5. The standard InChI is InChI=1S/C17H18N4O2/c1-12-11-13(7-9-18-12)19-16(22)8-10-21-15-6-4-3-5-14(15)20(2)17(21)23/h3-7,9,11H,8,10H2,1-2H3,(H,18,19,22). The molecule has 2 heterocycles. The third-order valence-electron chi connectivity index (χ3n) is 3.79. The number of benzene rings is 1. The molecule has 3 rings (SSSR count). The van der Waals surface area contributed by atoms with Gasteiger partial charge in [0.1, 0.15) is 0 Å². The first-order valence-electron chi connectivity index (χ1n) is 7.43. The van der Waals surface area contributed by atoms with Crippen LogP contribution in [0.25, 0.3) is 11.0 Å². The number of nitrogens with zero attached hydrogens (tertiary/aromatic N) is 3. The number of amides is 1. The molecule has 0 aliphatic heterocycles. The second kappa shape index (κ2) is 6.08.